The molecule has 4 atom stereocenters. The zero-order valence-corrected chi connectivity index (χ0v) is 12.9. The molecule has 2 aliphatic heterocycles. The predicted molar refractivity (Wildman–Crippen MR) is 77.3 cm³/mol. The molecule has 0 aromatic rings. The molecule has 0 radical (unpaired) electrons. The van der Waals surface area contributed by atoms with E-state index in [0.29, 0.717) is 6.61 Å². The van der Waals surface area contributed by atoms with Gasteiger partial charge in [0.15, 0.2) is 12.1 Å². The average molecular weight is 282 g/mol. The number of ether oxygens (including phenoxy) is 4. The Morgan fingerprint density at radius 2 is 2.05 bits per heavy atom. The van der Waals surface area contributed by atoms with E-state index in [1.807, 2.05) is 19.9 Å². The summed E-state index contributed by atoms with van der Waals surface area (Å²) in [4.78, 5) is 0. The Morgan fingerprint density at radius 1 is 1.30 bits per heavy atom. The second-order valence-electron chi connectivity index (χ2n) is 6.09. The lowest BCUT2D eigenvalue weighted by Gasteiger charge is -2.25. The van der Waals surface area contributed by atoms with Crippen molar-refractivity contribution in [3.8, 4) is 0 Å². The van der Waals surface area contributed by atoms with E-state index in [2.05, 4.69) is 26.5 Å². The Hall–Kier alpha value is -0.680. The largest absolute Gasteiger partial charge is 0.369 e. The van der Waals surface area contributed by atoms with Crippen LogP contribution in [0.4, 0.5) is 0 Å². The maximum atomic E-state index is 5.99. The summed E-state index contributed by atoms with van der Waals surface area (Å²) in [6.07, 6.45) is 5.19. The molecule has 0 saturated carbocycles. The number of hydrogen-bond acceptors (Lipinski definition) is 4. The van der Waals surface area contributed by atoms with Crippen LogP contribution in [0.3, 0.4) is 0 Å². The van der Waals surface area contributed by atoms with Crippen LogP contribution in [0.5, 0.6) is 0 Å². The first-order valence-corrected chi connectivity index (χ1v) is 7.30. The van der Waals surface area contributed by atoms with Gasteiger partial charge in [0, 0.05) is 0 Å². The van der Waals surface area contributed by atoms with Crippen LogP contribution >= 0.6 is 0 Å². The molecule has 20 heavy (non-hydrogen) atoms. The van der Waals surface area contributed by atoms with Crippen LogP contribution in [0.1, 0.15) is 40.5 Å². The second-order valence-corrected chi connectivity index (χ2v) is 6.09. The fraction of sp³-hybridized carbons (Fsp3) is 0.750. The number of allylic oxidation sites excluding steroid dienone is 2. The van der Waals surface area contributed by atoms with Gasteiger partial charge in [-0.05, 0) is 40.5 Å². The van der Waals surface area contributed by atoms with Crippen molar-refractivity contribution in [1.82, 2.24) is 0 Å². The monoisotopic (exact) mass is 282 g/mol. The molecular formula is C16H26O4. The third-order valence-electron chi connectivity index (χ3n) is 3.52. The van der Waals surface area contributed by atoms with Gasteiger partial charge in [0.25, 0.3) is 0 Å². The smallest absolute Gasteiger partial charge is 0.190 e. The van der Waals surface area contributed by atoms with Crippen molar-refractivity contribution in [2.24, 2.45) is 0 Å². The summed E-state index contributed by atoms with van der Waals surface area (Å²) in [6.45, 7) is 12.3. The summed E-state index contributed by atoms with van der Waals surface area (Å²) in [7, 11) is 0. The normalized spacial score (nSPS) is 34.8. The van der Waals surface area contributed by atoms with Crippen molar-refractivity contribution < 1.29 is 18.9 Å². The van der Waals surface area contributed by atoms with E-state index in [1.54, 1.807) is 0 Å². The van der Waals surface area contributed by atoms with Crippen LogP contribution in [0.15, 0.2) is 24.3 Å². The van der Waals surface area contributed by atoms with Crippen LogP contribution in [0.2, 0.25) is 0 Å². The molecule has 0 aromatic carbocycles. The van der Waals surface area contributed by atoms with Gasteiger partial charge in [0.05, 0.1) is 12.7 Å². The highest BCUT2D eigenvalue weighted by Crippen LogP contribution is 2.39. The second kappa shape index (κ2) is 6.39. The average Bonchev–Trinajstić information content (AvgIpc) is 2.79. The first-order valence-electron chi connectivity index (χ1n) is 7.30. The molecule has 0 bridgehead atoms. The van der Waals surface area contributed by atoms with Gasteiger partial charge in [-0.3, -0.25) is 0 Å². The van der Waals surface area contributed by atoms with Crippen LogP contribution in [-0.2, 0) is 18.9 Å². The van der Waals surface area contributed by atoms with Crippen molar-refractivity contribution in [1.29, 1.82) is 0 Å². The van der Waals surface area contributed by atoms with Gasteiger partial charge in [-0.1, -0.05) is 17.7 Å². The molecule has 4 nitrogen and oxygen atoms in total. The Bertz CT molecular complexity index is 371. The summed E-state index contributed by atoms with van der Waals surface area (Å²) in [5.41, 5.74) is 1.24. The van der Waals surface area contributed by atoms with E-state index in [1.165, 1.54) is 5.57 Å². The molecule has 0 aromatic heterocycles. The molecule has 2 heterocycles. The fourth-order valence-corrected chi connectivity index (χ4v) is 2.59. The molecule has 0 unspecified atom stereocenters. The predicted octanol–water partition coefficient (Wildman–Crippen LogP) is 3.18. The minimum Gasteiger partial charge on any atom is -0.369 e. The van der Waals surface area contributed by atoms with Gasteiger partial charge in [-0.15, -0.1) is 6.58 Å². The topological polar surface area (TPSA) is 36.9 Å². The lowest BCUT2D eigenvalue weighted by atomic mass is 10.1. The molecule has 0 spiro atoms. The lowest BCUT2D eigenvalue weighted by molar-refractivity contribution is -0.218. The summed E-state index contributed by atoms with van der Waals surface area (Å²) in [6, 6.07) is 0. The van der Waals surface area contributed by atoms with E-state index < -0.39 is 5.79 Å². The number of fused-ring (bicyclic) bond motifs is 1. The maximum absolute atomic E-state index is 5.99. The van der Waals surface area contributed by atoms with E-state index >= 15 is 0 Å². The van der Waals surface area contributed by atoms with Crippen molar-refractivity contribution in [3.63, 3.8) is 0 Å². The van der Waals surface area contributed by atoms with Crippen LogP contribution in [-0.4, -0.2) is 37.0 Å². The molecule has 0 N–H and O–H groups in total. The van der Waals surface area contributed by atoms with Gasteiger partial charge in [0.1, 0.15) is 12.2 Å². The summed E-state index contributed by atoms with van der Waals surface area (Å²) >= 11 is 0. The van der Waals surface area contributed by atoms with Crippen molar-refractivity contribution in [3.05, 3.63) is 24.3 Å². The number of rotatable bonds is 6. The Morgan fingerprint density at radius 3 is 2.70 bits per heavy atom. The molecule has 0 aliphatic carbocycles. The van der Waals surface area contributed by atoms with Crippen molar-refractivity contribution in [2.75, 3.05) is 6.61 Å². The molecule has 4 heteroatoms. The van der Waals surface area contributed by atoms with Crippen molar-refractivity contribution in [2.45, 2.75) is 70.9 Å². The number of hydrogen-bond donors (Lipinski definition) is 0. The summed E-state index contributed by atoms with van der Waals surface area (Å²) < 4.78 is 23.7. The standard InChI is InChI=1S/C16H26O4/c1-6-7-8-12-13(17-10-9-11(2)3)14-15(18-12)20-16(4,5)19-14/h6,9,12-15H,1,7-8,10H2,2-5H3/t12-,13+,14-,15-/m1/s1. The van der Waals surface area contributed by atoms with E-state index in [-0.39, 0.29) is 24.6 Å². The highest BCUT2D eigenvalue weighted by molar-refractivity contribution is 4.97. The Kier molecular flexibility index (Phi) is 5.02. The van der Waals surface area contributed by atoms with Crippen molar-refractivity contribution >= 4 is 0 Å². The van der Waals surface area contributed by atoms with E-state index in [0.717, 1.165) is 12.8 Å². The minimum atomic E-state index is -0.600. The SMILES string of the molecule is C=CCC[C@H]1O[C@@H]2OC(C)(C)O[C@@H]2[C@H]1OCC=C(C)C. The molecule has 2 rings (SSSR count). The Balaban J connectivity index is 2.00. The lowest BCUT2D eigenvalue weighted by Crippen LogP contribution is -2.37. The molecule has 0 amide bonds. The highest BCUT2D eigenvalue weighted by atomic mass is 16.8. The minimum absolute atomic E-state index is 0.00432. The van der Waals surface area contributed by atoms with Gasteiger partial charge in [-0.25, -0.2) is 0 Å². The highest BCUT2D eigenvalue weighted by Gasteiger charge is 2.54. The van der Waals surface area contributed by atoms with E-state index in [4.69, 9.17) is 18.9 Å². The molecule has 2 fully saturated rings. The fourth-order valence-electron chi connectivity index (χ4n) is 2.59. The van der Waals surface area contributed by atoms with Crippen LogP contribution in [0.25, 0.3) is 0 Å². The van der Waals surface area contributed by atoms with Gasteiger partial charge in [-0.2, -0.15) is 0 Å². The maximum Gasteiger partial charge on any atom is 0.190 e. The van der Waals surface area contributed by atoms with Gasteiger partial charge < -0.3 is 18.9 Å². The third kappa shape index (κ3) is 3.70. The summed E-state index contributed by atoms with van der Waals surface area (Å²) in [5, 5.41) is 0. The zero-order chi connectivity index (χ0) is 14.8. The molecule has 2 saturated heterocycles. The molecular weight excluding hydrogens is 256 g/mol. The third-order valence-corrected chi connectivity index (χ3v) is 3.52. The first kappa shape index (κ1) is 15.7. The van der Waals surface area contributed by atoms with Crippen LogP contribution in [0, 0.1) is 0 Å². The van der Waals surface area contributed by atoms with Crippen LogP contribution < -0.4 is 0 Å². The quantitative estimate of drug-likeness (QED) is 0.701. The van der Waals surface area contributed by atoms with Gasteiger partial charge >= 0.3 is 0 Å². The van der Waals surface area contributed by atoms with Gasteiger partial charge in [0.2, 0.25) is 0 Å². The summed E-state index contributed by atoms with van der Waals surface area (Å²) in [5.74, 6) is -0.600. The molecule has 2 aliphatic rings. The molecule has 114 valence electrons. The first-order chi connectivity index (χ1) is 9.43. The van der Waals surface area contributed by atoms with E-state index in [9.17, 15) is 0 Å². The zero-order valence-electron chi connectivity index (χ0n) is 12.9. The Labute approximate surface area is 121 Å².